The number of sulfone groups is 1. The third-order valence-electron chi connectivity index (χ3n) is 4.52. The highest BCUT2D eigenvalue weighted by Gasteiger charge is 2.34. The number of anilines is 1. The van der Waals surface area contributed by atoms with Gasteiger partial charge in [-0.3, -0.25) is 4.79 Å². The number of benzene rings is 1. The second-order valence-corrected chi connectivity index (χ2v) is 11.0. The number of thiazole rings is 1. The van der Waals surface area contributed by atoms with E-state index in [2.05, 4.69) is 4.98 Å². The number of rotatable bonds is 5. The van der Waals surface area contributed by atoms with Crippen LogP contribution < -0.4 is 4.90 Å². The topological polar surface area (TPSA) is 70.6 Å². The second-order valence-electron chi connectivity index (χ2n) is 6.65. The maximum atomic E-state index is 13.1. The van der Waals surface area contributed by atoms with Crippen LogP contribution in [-0.4, -0.2) is 62.4 Å². The van der Waals surface area contributed by atoms with E-state index in [1.807, 2.05) is 6.92 Å². The van der Waals surface area contributed by atoms with Crippen molar-refractivity contribution in [2.75, 3.05) is 43.1 Å². The van der Waals surface area contributed by atoms with E-state index in [9.17, 15) is 26.4 Å². The van der Waals surface area contributed by atoms with Crippen molar-refractivity contribution >= 4 is 44.0 Å². The molecule has 164 valence electrons. The molecule has 0 radical (unpaired) electrons. The zero-order valence-electron chi connectivity index (χ0n) is 16.3. The molecule has 0 spiro atoms. The number of hydrogen-bond acceptors (Lipinski definition) is 7. The summed E-state index contributed by atoms with van der Waals surface area (Å²) in [6.45, 7) is 3.24. The fourth-order valence-corrected chi connectivity index (χ4v) is 5.26. The predicted octanol–water partition coefficient (Wildman–Crippen LogP) is 3.64. The van der Waals surface area contributed by atoms with E-state index < -0.39 is 20.9 Å². The highest BCUT2D eigenvalue weighted by Crippen LogP contribution is 2.36. The molecule has 1 saturated heterocycles. The number of piperazine rings is 1. The molecule has 30 heavy (non-hydrogen) atoms. The molecule has 0 atom stereocenters. The monoisotopic (exact) mass is 479 g/mol. The molecule has 0 unspecified atom stereocenters. The van der Waals surface area contributed by atoms with Crippen LogP contribution in [0.4, 0.5) is 18.3 Å². The van der Waals surface area contributed by atoms with E-state index in [0.29, 0.717) is 48.0 Å². The summed E-state index contributed by atoms with van der Waals surface area (Å²) in [4.78, 5) is 20.3. The van der Waals surface area contributed by atoms with Gasteiger partial charge in [0, 0.05) is 37.3 Å². The Balaban J connectivity index is 1.75. The smallest absolute Gasteiger partial charge is 0.345 e. The Bertz CT molecular complexity index is 1030. The average molecular weight is 480 g/mol. The van der Waals surface area contributed by atoms with Gasteiger partial charge in [-0.25, -0.2) is 13.4 Å². The van der Waals surface area contributed by atoms with Gasteiger partial charge in [0.15, 0.2) is 15.0 Å². The molecule has 0 saturated carbocycles. The number of halogens is 3. The van der Waals surface area contributed by atoms with Crippen molar-refractivity contribution in [1.82, 2.24) is 9.88 Å². The van der Waals surface area contributed by atoms with E-state index >= 15 is 0 Å². The Morgan fingerprint density at radius 2 is 1.90 bits per heavy atom. The maximum Gasteiger partial charge on any atom is 0.427 e. The average Bonchev–Trinajstić information content (AvgIpc) is 3.18. The van der Waals surface area contributed by atoms with E-state index in [-0.39, 0.29) is 15.9 Å². The van der Waals surface area contributed by atoms with Crippen molar-refractivity contribution < 1.29 is 26.4 Å². The molecule has 6 nitrogen and oxygen atoms in total. The Morgan fingerprint density at radius 1 is 1.23 bits per heavy atom. The van der Waals surface area contributed by atoms with E-state index in [0.717, 1.165) is 18.2 Å². The molecule has 2 aromatic rings. The molecule has 3 rings (SSSR count). The van der Waals surface area contributed by atoms with Crippen molar-refractivity contribution in [3.8, 4) is 0 Å². The lowest BCUT2D eigenvalue weighted by molar-refractivity contribution is -0.134. The van der Waals surface area contributed by atoms with Crippen molar-refractivity contribution in [3.63, 3.8) is 0 Å². The molecule has 12 heteroatoms. The molecule has 1 fully saturated rings. The van der Waals surface area contributed by atoms with Crippen LogP contribution >= 0.6 is 23.1 Å². The first kappa shape index (κ1) is 22.9. The molecule has 1 aromatic carbocycles. The minimum absolute atomic E-state index is 0.0763. The molecular formula is C18H20F3N3O3S3. The molecule has 2 heterocycles. The van der Waals surface area contributed by atoms with Gasteiger partial charge in [0.25, 0.3) is 5.91 Å². The highest BCUT2D eigenvalue weighted by molar-refractivity contribution is 7.99. The number of nitrogens with zero attached hydrogens (tertiary/aromatic N) is 3. The van der Waals surface area contributed by atoms with E-state index in [4.69, 9.17) is 0 Å². The summed E-state index contributed by atoms with van der Waals surface area (Å²) in [6.07, 6.45) is -2.51. The minimum Gasteiger partial charge on any atom is -0.345 e. The number of amides is 1. The van der Waals surface area contributed by atoms with Crippen LogP contribution in [-0.2, 0) is 16.0 Å². The van der Waals surface area contributed by atoms with Crippen LogP contribution in [0.3, 0.4) is 0 Å². The largest absolute Gasteiger partial charge is 0.427 e. The van der Waals surface area contributed by atoms with Gasteiger partial charge in [0.05, 0.1) is 16.7 Å². The Hall–Kier alpha value is -1.79. The Kier molecular flexibility index (Phi) is 6.68. The van der Waals surface area contributed by atoms with Crippen molar-refractivity contribution in [1.29, 1.82) is 0 Å². The quantitative estimate of drug-likeness (QED) is 0.610. The minimum atomic E-state index is -4.42. The number of hydrogen-bond donors (Lipinski definition) is 0. The molecular weight excluding hydrogens is 459 g/mol. The van der Waals surface area contributed by atoms with E-state index in [1.54, 1.807) is 15.9 Å². The lowest BCUT2D eigenvalue weighted by atomic mass is 10.2. The Labute approximate surface area is 181 Å². The van der Waals surface area contributed by atoms with Gasteiger partial charge < -0.3 is 9.80 Å². The number of thioether (sulfide) groups is 1. The predicted molar refractivity (Wildman–Crippen MR) is 111 cm³/mol. The summed E-state index contributed by atoms with van der Waals surface area (Å²) in [6, 6.07) is 4.53. The van der Waals surface area contributed by atoms with Crippen LogP contribution in [0, 0.1) is 0 Å². The number of carbonyl (C=O) groups excluding carboxylic acids is 1. The first-order chi connectivity index (χ1) is 14.0. The van der Waals surface area contributed by atoms with Crippen molar-refractivity contribution in [2.24, 2.45) is 0 Å². The van der Waals surface area contributed by atoms with Gasteiger partial charge in [-0.1, -0.05) is 18.3 Å². The van der Waals surface area contributed by atoms with Crippen LogP contribution in [0.15, 0.2) is 34.2 Å². The van der Waals surface area contributed by atoms with Crippen LogP contribution in [0.25, 0.3) is 0 Å². The SMILES string of the molecule is CCSc1ccc(S(C)(=O)=O)cc1C(=O)N1CCN(c2ncc(C(F)(F)F)s2)CC1. The maximum absolute atomic E-state index is 13.1. The zero-order valence-corrected chi connectivity index (χ0v) is 18.7. The fourth-order valence-electron chi connectivity index (χ4n) is 3.00. The summed E-state index contributed by atoms with van der Waals surface area (Å²) >= 11 is 2.03. The molecule has 0 bridgehead atoms. The molecule has 0 aliphatic carbocycles. The summed E-state index contributed by atoms with van der Waals surface area (Å²) < 4.78 is 62.2. The highest BCUT2D eigenvalue weighted by atomic mass is 32.2. The first-order valence-corrected chi connectivity index (χ1v) is 12.7. The third-order valence-corrected chi connectivity index (χ3v) is 7.69. The normalized spacial score (nSPS) is 15.5. The van der Waals surface area contributed by atoms with Gasteiger partial charge >= 0.3 is 6.18 Å². The lowest BCUT2D eigenvalue weighted by Crippen LogP contribution is -2.48. The first-order valence-electron chi connectivity index (χ1n) is 9.05. The summed E-state index contributed by atoms with van der Waals surface area (Å²) in [5, 5.41) is 0.274. The zero-order chi connectivity index (χ0) is 22.1. The van der Waals surface area contributed by atoms with Crippen LogP contribution in [0.2, 0.25) is 0 Å². The third kappa shape index (κ3) is 5.09. The Morgan fingerprint density at radius 3 is 2.43 bits per heavy atom. The summed E-state index contributed by atoms with van der Waals surface area (Å²) in [7, 11) is -3.46. The van der Waals surface area contributed by atoms with Gasteiger partial charge in [-0.2, -0.15) is 13.2 Å². The molecule has 0 N–H and O–H groups in total. The summed E-state index contributed by atoms with van der Waals surface area (Å²) in [5.41, 5.74) is 0.326. The van der Waals surface area contributed by atoms with E-state index in [1.165, 1.54) is 23.9 Å². The van der Waals surface area contributed by atoms with Crippen molar-refractivity contribution in [3.05, 3.63) is 34.8 Å². The molecule has 1 aliphatic rings. The van der Waals surface area contributed by atoms with Crippen LogP contribution in [0.1, 0.15) is 22.2 Å². The molecule has 1 aromatic heterocycles. The van der Waals surface area contributed by atoms with Crippen molar-refractivity contribution in [2.45, 2.75) is 22.9 Å². The number of carbonyl (C=O) groups is 1. The number of aromatic nitrogens is 1. The second kappa shape index (κ2) is 8.75. The standard InChI is InChI=1S/C18H20F3N3O3S3/c1-3-28-14-5-4-12(30(2,26)27)10-13(14)16(25)23-6-8-24(9-7-23)17-22-11-15(29-17)18(19,20)21/h4-5,10-11H,3,6-9H2,1-2H3. The van der Waals surface area contributed by atoms with Gasteiger partial charge in [-0.15, -0.1) is 11.8 Å². The summed E-state index contributed by atoms with van der Waals surface area (Å²) in [5.74, 6) is 0.434. The fraction of sp³-hybridized carbons (Fsp3) is 0.444. The van der Waals surface area contributed by atoms with Gasteiger partial charge in [0.2, 0.25) is 0 Å². The lowest BCUT2D eigenvalue weighted by Gasteiger charge is -2.35. The van der Waals surface area contributed by atoms with Gasteiger partial charge in [-0.05, 0) is 24.0 Å². The molecule has 1 amide bonds. The number of alkyl halides is 3. The van der Waals surface area contributed by atoms with Crippen LogP contribution in [0.5, 0.6) is 0 Å². The molecule has 1 aliphatic heterocycles. The van der Waals surface area contributed by atoms with Gasteiger partial charge in [0.1, 0.15) is 4.88 Å².